The maximum atomic E-state index is 6.05. The van der Waals surface area contributed by atoms with Gasteiger partial charge in [0.05, 0.1) is 0 Å². The maximum Gasteiger partial charge on any atom is 0.0408 e. The van der Waals surface area contributed by atoms with Gasteiger partial charge in [0.2, 0.25) is 0 Å². The molecule has 2 fully saturated rings. The van der Waals surface area contributed by atoms with Crippen LogP contribution in [0.25, 0.3) is 0 Å². The first-order valence-corrected chi connectivity index (χ1v) is 7.61. The monoisotopic (exact) mass is 263 g/mol. The lowest BCUT2D eigenvalue weighted by Gasteiger charge is -2.39. The van der Waals surface area contributed by atoms with Gasteiger partial charge in [0, 0.05) is 17.1 Å². The molecule has 0 aromatic heterocycles. The first kappa shape index (κ1) is 12.5. The third-order valence-corrected chi connectivity index (χ3v) is 5.00. The molecule has 1 N–H and O–H groups in total. The van der Waals surface area contributed by atoms with Crippen LogP contribution in [-0.4, -0.2) is 12.1 Å². The molecule has 0 radical (unpaired) electrons. The number of benzene rings is 1. The lowest BCUT2D eigenvalue weighted by atomic mass is 9.75. The summed E-state index contributed by atoms with van der Waals surface area (Å²) in [6.45, 7) is 2.39. The molecule has 2 saturated carbocycles. The standard InChI is InChI=1S/C16H22ClN/c1-11-4-2-7-16(11)18-15-9-13(10-15)12-5-3-6-14(17)8-12/h3,5-6,8,11,13,15-16,18H,2,4,7,9-10H2,1H3. The molecular weight excluding hydrogens is 242 g/mol. The van der Waals surface area contributed by atoms with Crippen molar-refractivity contribution < 1.29 is 0 Å². The van der Waals surface area contributed by atoms with Crippen LogP contribution in [-0.2, 0) is 0 Å². The minimum Gasteiger partial charge on any atom is -0.311 e. The minimum atomic E-state index is 0.720. The van der Waals surface area contributed by atoms with E-state index < -0.39 is 0 Å². The first-order chi connectivity index (χ1) is 8.72. The van der Waals surface area contributed by atoms with Crippen LogP contribution in [0.5, 0.6) is 0 Å². The molecule has 18 heavy (non-hydrogen) atoms. The molecule has 0 aliphatic heterocycles. The lowest BCUT2D eigenvalue weighted by Crippen LogP contribution is -2.46. The Morgan fingerprint density at radius 1 is 1.22 bits per heavy atom. The van der Waals surface area contributed by atoms with Crippen molar-refractivity contribution in [2.24, 2.45) is 5.92 Å². The molecule has 0 spiro atoms. The van der Waals surface area contributed by atoms with Crippen molar-refractivity contribution in [3.8, 4) is 0 Å². The maximum absolute atomic E-state index is 6.05. The summed E-state index contributed by atoms with van der Waals surface area (Å²) in [5.41, 5.74) is 1.42. The first-order valence-electron chi connectivity index (χ1n) is 7.24. The van der Waals surface area contributed by atoms with E-state index in [0.717, 1.165) is 28.9 Å². The van der Waals surface area contributed by atoms with Gasteiger partial charge in [-0.15, -0.1) is 0 Å². The Kier molecular flexibility index (Phi) is 3.63. The largest absolute Gasteiger partial charge is 0.311 e. The molecule has 0 heterocycles. The predicted octanol–water partition coefficient (Wildman–Crippen LogP) is 4.36. The van der Waals surface area contributed by atoms with Crippen LogP contribution >= 0.6 is 11.6 Å². The average molecular weight is 264 g/mol. The zero-order chi connectivity index (χ0) is 12.5. The van der Waals surface area contributed by atoms with Gasteiger partial charge < -0.3 is 5.32 Å². The Bertz CT molecular complexity index is 411. The second-order valence-electron chi connectivity index (χ2n) is 6.10. The third-order valence-electron chi connectivity index (χ3n) is 4.77. The molecule has 0 bridgehead atoms. The Morgan fingerprint density at radius 2 is 2.06 bits per heavy atom. The van der Waals surface area contributed by atoms with Gasteiger partial charge in [-0.2, -0.15) is 0 Å². The van der Waals surface area contributed by atoms with Crippen molar-refractivity contribution in [2.45, 2.75) is 57.0 Å². The summed E-state index contributed by atoms with van der Waals surface area (Å²) in [6.07, 6.45) is 6.75. The molecule has 98 valence electrons. The molecule has 0 amide bonds. The molecule has 2 heteroatoms. The summed E-state index contributed by atoms with van der Waals surface area (Å²) in [6, 6.07) is 9.87. The van der Waals surface area contributed by atoms with Gasteiger partial charge in [0.25, 0.3) is 0 Å². The van der Waals surface area contributed by atoms with E-state index in [1.54, 1.807) is 0 Å². The van der Waals surface area contributed by atoms with Crippen molar-refractivity contribution in [3.05, 3.63) is 34.9 Å². The molecule has 2 unspecified atom stereocenters. The van der Waals surface area contributed by atoms with Crippen molar-refractivity contribution in [1.82, 2.24) is 5.32 Å². The molecule has 2 aliphatic rings. The van der Waals surface area contributed by atoms with Gasteiger partial charge >= 0.3 is 0 Å². The third kappa shape index (κ3) is 2.57. The average Bonchev–Trinajstić information content (AvgIpc) is 2.69. The second kappa shape index (κ2) is 5.22. The fraction of sp³-hybridized carbons (Fsp3) is 0.625. The van der Waals surface area contributed by atoms with Crippen molar-refractivity contribution >= 4 is 11.6 Å². The van der Waals surface area contributed by atoms with E-state index in [0.29, 0.717) is 0 Å². The van der Waals surface area contributed by atoms with Gasteiger partial charge in [-0.3, -0.25) is 0 Å². The fourth-order valence-corrected chi connectivity index (χ4v) is 3.68. The highest BCUT2D eigenvalue weighted by Crippen LogP contribution is 2.39. The van der Waals surface area contributed by atoms with E-state index in [2.05, 4.69) is 30.4 Å². The number of rotatable bonds is 3. The molecule has 3 rings (SSSR count). The van der Waals surface area contributed by atoms with Crippen molar-refractivity contribution in [3.63, 3.8) is 0 Å². The molecule has 1 aromatic carbocycles. The molecule has 2 atom stereocenters. The molecule has 0 saturated heterocycles. The van der Waals surface area contributed by atoms with Gasteiger partial charge in [-0.1, -0.05) is 37.1 Å². The van der Waals surface area contributed by atoms with Gasteiger partial charge in [0.15, 0.2) is 0 Å². The van der Waals surface area contributed by atoms with E-state index in [-0.39, 0.29) is 0 Å². The summed E-state index contributed by atoms with van der Waals surface area (Å²) in [5, 5.41) is 4.72. The van der Waals surface area contributed by atoms with Crippen LogP contribution in [0.1, 0.15) is 50.5 Å². The number of halogens is 1. The molecule has 2 aliphatic carbocycles. The summed E-state index contributed by atoms with van der Waals surface area (Å²) < 4.78 is 0. The smallest absolute Gasteiger partial charge is 0.0408 e. The molecule has 1 nitrogen and oxygen atoms in total. The van der Waals surface area contributed by atoms with E-state index in [1.807, 2.05) is 6.07 Å². The molecular formula is C16H22ClN. The van der Waals surface area contributed by atoms with Crippen LogP contribution in [0.2, 0.25) is 5.02 Å². The summed E-state index contributed by atoms with van der Waals surface area (Å²) in [4.78, 5) is 0. The van der Waals surface area contributed by atoms with Crippen LogP contribution in [0.15, 0.2) is 24.3 Å². The SMILES string of the molecule is CC1CCCC1NC1CC(c2cccc(Cl)c2)C1. The van der Waals surface area contributed by atoms with Crippen LogP contribution in [0.4, 0.5) is 0 Å². The highest BCUT2D eigenvalue weighted by molar-refractivity contribution is 6.30. The quantitative estimate of drug-likeness (QED) is 0.854. The van der Waals surface area contributed by atoms with E-state index >= 15 is 0 Å². The fourth-order valence-electron chi connectivity index (χ4n) is 3.48. The number of hydrogen-bond donors (Lipinski definition) is 1. The van der Waals surface area contributed by atoms with Crippen LogP contribution in [0.3, 0.4) is 0 Å². The Hall–Kier alpha value is -0.530. The van der Waals surface area contributed by atoms with Crippen LogP contribution in [0, 0.1) is 5.92 Å². The van der Waals surface area contributed by atoms with Gasteiger partial charge in [-0.25, -0.2) is 0 Å². The topological polar surface area (TPSA) is 12.0 Å². The summed E-state index contributed by atoms with van der Waals surface area (Å²) >= 11 is 6.05. The number of nitrogens with one attached hydrogen (secondary N) is 1. The zero-order valence-corrected chi connectivity index (χ0v) is 11.8. The number of hydrogen-bond acceptors (Lipinski definition) is 1. The van der Waals surface area contributed by atoms with Gasteiger partial charge in [0.1, 0.15) is 0 Å². The zero-order valence-electron chi connectivity index (χ0n) is 11.0. The van der Waals surface area contributed by atoms with Crippen LogP contribution < -0.4 is 5.32 Å². The van der Waals surface area contributed by atoms with E-state index in [1.165, 1.54) is 37.7 Å². The normalized spacial score (nSPS) is 35.4. The summed E-state index contributed by atoms with van der Waals surface area (Å²) in [7, 11) is 0. The Morgan fingerprint density at radius 3 is 2.72 bits per heavy atom. The van der Waals surface area contributed by atoms with Crippen molar-refractivity contribution in [2.75, 3.05) is 0 Å². The summed E-state index contributed by atoms with van der Waals surface area (Å²) in [5.74, 6) is 1.59. The molecule has 1 aromatic rings. The highest BCUT2D eigenvalue weighted by atomic mass is 35.5. The van der Waals surface area contributed by atoms with Crippen molar-refractivity contribution in [1.29, 1.82) is 0 Å². The van der Waals surface area contributed by atoms with E-state index in [4.69, 9.17) is 11.6 Å². The highest BCUT2D eigenvalue weighted by Gasteiger charge is 2.34. The Balaban J connectivity index is 1.51. The van der Waals surface area contributed by atoms with Gasteiger partial charge in [-0.05, 0) is 55.2 Å². The Labute approximate surface area is 115 Å². The lowest BCUT2D eigenvalue weighted by molar-refractivity contribution is 0.247. The minimum absolute atomic E-state index is 0.720. The second-order valence-corrected chi connectivity index (χ2v) is 6.54. The predicted molar refractivity (Wildman–Crippen MR) is 77.2 cm³/mol. The van der Waals surface area contributed by atoms with E-state index in [9.17, 15) is 0 Å².